The number of carbonyl (C=O) groups is 1. The summed E-state index contributed by atoms with van der Waals surface area (Å²) in [5.74, 6) is 0.375. The highest BCUT2D eigenvalue weighted by Crippen LogP contribution is 2.23. The highest BCUT2D eigenvalue weighted by atomic mass is 79.9. The molecule has 0 saturated heterocycles. The molecule has 1 aromatic heterocycles. The Balaban J connectivity index is 1.69. The summed E-state index contributed by atoms with van der Waals surface area (Å²) in [6.07, 6.45) is 1.70. The van der Waals surface area contributed by atoms with Gasteiger partial charge in [-0.1, -0.05) is 30.3 Å². The van der Waals surface area contributed by atoms with Crippen molar-refractivity contribution in [1.82, 2.24) is 4.98 Å². The van der Waals surface area contributed by atoms with Crippen molar-refractivity contribution in [2.24, 2.45) is 0 Å². The predicted octanol–water partition coefficient (Wildman–Crippen LogP) is 4.01. The molecule has 0 spiro atoms. The zero-order valence-corrected chi connectivity index (χ0v) is 13.2. The quantitative estimate of drug-likeness (QED) is 0.768. The van der Waals surface area contributed by atoms with Gasteiger partial charge in [-0.15, -0.1) is 0 Å². The average molecular weight is 357 g/mol. The third-order valence-electron chi connectivity index (χ3n) is 3.10. The van der Waals surface area contributed by atoms with E-state index in [1.807, 2.05) is 48.5 Å². The molecule has 1 N–H and O–H groups in total. The SMILES string of the molecule is O=C(COc1cccc2cccnc12)Nc1ccccc1Br. The van der Waals surface area contributed by atoms with Crippen LogP contribution in [0, 0.1) is 0 Å². The van der Waals surface area contributed by atoms with Crippen LogP contribution in [0.1, 0.15) is 0 Å². The van der Waals surface area contributed by atoms with E-state index in [0.29, 0.717) is 11.4 Å². The number of para-hydroxylation sites is 2. The number of ether oxygens (including phenoxy) is 1. The van der Waals surface area contributed by atoms with Crippen LogP contribution < -0.4 is 10.1 Å². The molecule has 0 radical (unpaired) electrons. The number of carbonyl (C=O) groups excluding carboxylic acids is 1. The van der Waals surface area contributed by atoms with Gasteiger partial charge in [-0.25, -0.2) is 0 Å². The summed E-state index contributed by atoms with van der Waals surface area (Å²) in [6.45, 7) is -0.0724. The fourth-order valence-electron chi connectivity index (χ4n) is 2.08. The molecule has 0 fully saturated rings. The minimum Gasteiger partial charge on any atom is -0.481 e. The molecule has 0 saturated carbocycles. The molecule has 4 nitrogen and oxygen atoms in total. The van der Waals surface area contributed by atoms with E-state index in [1.165, 1.54) is 0 Å². The van der Waals surface area contributed by atoms with Crippen LogP contribution in [-0.2, 0) is 4.79 Å². The second kappa shape index (κ2) is 6.58. The van der Waals surface area contributed by atoms with E-state index in [4.69, 9.17) is 4.74 Å². The van der Waals surface area contributed by atoms with Crippen molar-refractivity contribution in [2.75, 3.05) is 11.9 Å². The molecular formula is C17H13BrN2O2. The Morgan fingerprint density at radius 2 is 1.91 bits per heavy atom. The molecule has 22 heavy (non-hydrogen) atoms. The Bertz CT molecular complexity index is 815. The Hall–Kier alpha value is -2.40. The lowest BCUT2D eigenvalue weighted by atomic mass is 10.2. The number of rotatable bonds is 4. The largest absolute Gasteiger partial charge is 0.481 e. The Morgan fingerprint density at radius 1 is 1.09 bits per heavy atom. The third-order valence-corrected chi connectivity index (χ3v) is 3.79. The van der Waals surface area contributed by atoms with Crippen molar-refractivity contribution in [2.45, 2.75) is 0 Å². The standard InChI is InChI=1S/C17H13BrN2O2/c18-13-7-1-2-8-14(13)20-16(21)11-22-15-9-3-5-12-6-4-10-19-17(12)15/h1-10H,11H2,(H,20,21). The normalized spacial score (nSPS) is 10.4. The predicted molar refractivity (Wildman–Crippen MR) is 90.0 cm³/mol. The number of hydrogen-bond acceptors (Lipinski definition) is 3. The van der Waals surface area contributed by atoms with Crippen LogP contribution in [0.4, 0.5) is 5.69 Å². The summed E-state index contributed by atoms with van der Waals surface area (Å²) in [5, 5.41) is 3.78. The van der Waals surface area contributed by atoms with Gasteiger partial charge in [0.25, 0.3) is 5.91 Å². The monoisotopic (exact) mass is 356 g/mol. The van der Waals surface area contributed by atoms with Crippen LogP contribution in [0.5, 0.6) is 5.75 Å². The van der Waals surface area contributed by atoms with Gasteiger partial charge in [-0.05, 0) is 40.2 Å². The summed E-state index contributed by atoms with van der Waals surface area (Å²) in [6, 6.07) is 16.9. The van der Waals surface area contributed by atoms with Crippen molar-refractivity contribution >= 4 is 38.4 Å². The number of benzene rings is 2. The molecule has 5 heteroatoms. The molecule has 110 valence electrons. The smallest absolute Gasteiger partial charge is 0.262 e. The molecular weight excluding hydrogens is 344 g/mol. The van der Waals surface area contributed by atoms with Gasteiger partial charge in [0.05, 0.1) is 5.69 Å². The topological polar surface area (TPSA) is 51.2 Å². The van der Waals surface area contributed by atoms with Gasteiger partial charge in [0.15, 0.2) is 6.61 Å². The zero-order valence-electron chi connectivity index (χ0n) is 11.6. The number of hydrogen-bond donors (Lipinski definition) is 1. The van der Waals surface area contributed by atoms with Crippen molar-refractivity contribution < 1.29 is 9.53 Å². The van der Waals surface area contributed by atoms with Crippen LogP contribution in [-0.4, -0.2) is 17.5 Å². The molecule has 3 aromatic rings. The van der Waals surface area contributed by atoms with E-state index in [2.05, 4.69) is 26.2 Å². The molecule has 1 heterocycles. The van der Waals surface area contributed by atoms with E-state index in [0.717, 1.165) is 15.4 Å². The summed E-state index contributed by atoms with van der Waals surface area (Å²) in [4.78, 5) is 16.3. The highest BCUT2D eigenvalue weighted by molar-refractivity contribution is 9.10. The number of amides is 1. The maximum atomic E-state index is 12.0. The fraction of sp³-hybridized carbons (Fsp3) is 0.0588. The van der Waals surface area contributed by atoms with E-state index in [1.54, 1.807) is 12.3 Å². The van der Waals surface area contributed by atoms with E-state index < -0.39 is 0 Å². The first-order valence-corrected chi connectivity index (χ1v) is 7.54. The number of nitrogens with zero attached hydrogens (tertiary/aromatic N) is 1. The summed E-state index contributed by atoms with van der Waals surface area (Å²) >= 11 is 3.39. The molecule has 0 bridgehead atoms. The van der Waals surface area contributed by atoms with Crippen LogP contribution in [0.2, 0.25) is 0 Å². The Kier molecular flexibility index (Phi) is 4.34. The summed E-state index contributed by atoms with van der Waals surface area (Å²) in [5.41, 5.74) is 1.46. The number of aromatic nitrogens is 1. The van der Waals surface area contributed by atoms with Gasteiger partial charge in [-0.3, -0.25) is 9.78 Å². The lowest BCUT2D eigenvalue weighted by Gasteiger charge is -2.10. The number of fused-ring (bicyclic) bond motifs is 1. The van der Waals surface area contributed by atoms with Crippen LogP contribution in [0.25, 0.3) is 10.9 Å². The lowest BCUT2D eigenvalue weighted by molar-refractivity contribution is -0.118. The van der Waals surface area contributed by atoms with Gasteiger partial charge >= 0.3 is 0 Å². The molecule has 3 rings (SSSR count). The van der Waals surface area contributed by atoms with Crippen LogP contribution in [0.15, 0.2) is 65.3 Å². The number of halogens is 1. The molecule has 0 aliphatic carbocycles. The van der Waals surface area contributed by atoms with Crippen LogP contribution >= 0.6 is 15.9 Å². The molecule has 1 amide bonds. The summed E-state index contributed by atoms with van der Waals surface area (Å²) in [7, 11) is 0. The maximum Gasteiger partial charge on any atom is 0.262 e. The first-order valence-electron chi connectivity index (χ1n) is 6.75. The van der Waals surface area contributed by atoms with Crippen molar-refractivity contribution in [1.29, 1.82) is 0 Å². The zero-order chi connectivity index (χ0) is 15.4. The van der Waals surface area contributed by atoms with Crippen molar-refractivity contribution in [3.63, 3.8) is 0 Å². The highest BCUT2D eigenvalue weighted by Gasteiger charge is 2.08. The summed E-state index contributed by atoms with van der Waals surface area (Å²) < 4.78 is 6.43. The third kappa shape index (κ3) is 3.26. The fourth-order valence-corrected chi connectivity index (χ4v) is 2.47. The van der Waals surface area contributed by atoms with Crippen LogP contribution in [0.3, 0.4) is 0 Å². The minimum absolute atomic E-state index is 0.0724. The van der Waals surface area contributed by atoms with E-state index in [-0.39, 0.29) is 12.5 Å². The van der Waals surface area contributed by atoms with Crippen molar-refractivity contribution in [3.8, 4) is 5.75 Å². The number of nitrogens with one attached hydrogen (secondary N) is 1. The second-order valence-electron chi connectivity index (χ2n) is 4.65. The first kappa shape index (κ1) is 14.5. The average Bonchev–Trinajstić information content (AvgIpc) is 2.55. The van der Waals surface area contributed by atoms with E-state index in [9.17, 15) is 4.79 Å². The second-order valence-corrected chi connectivity index (χ2v) is 5.50. The molecule has 2 aromatic carbocycles. The molecule has 0 aliphatic heterocycles. The maximum absolute atomic E-state index is 12.0. The molecule has 0 aliphatic rings. The molecule has 0 unspecified atom stereocenters. The molecule has 0 atom stereocenters. The number of anilines is 1. The van der Waals surface area contributed by atoms with Gasteiger partial charge in [0.1, 0.15) is 11.3 Å². The van der Waals surface area contributed by atoms with Gasteiger partial charge in [0, 0.05) is 16.1 Å². The van der Waals surface area contributed by atoms with Gasteiger partial charge < -0.3 is 10.1 Å². The first-order chi connectivity index (χ1) is 10.7. The van der Waals surface area contributed by atoms with E-state index >= 15 is 0 Å². The van der Waals surface area contributed by atoms with Crippen molar-refractivity contribution in [3.05, 3.63) is 65.3 Å². The number of pyridine rings is 1. The van der Waals surface area contributed by atoms with Gasteiger partial charge in [-0.2, -0.15) is 0 Å². The minimum atomic E-state index is -0.222. The lowest BCUT2D eigenvalue weighted by Crippen LogP contribution is -2.20. The Labute approximate surface area is 136 Å². The van der Waals surface area contributed by atoms with Gasteiger partial charge in [0.2, 0.25) is 0 Å². The Morgan fingerprint density at radius 3 is 2.77 bits per heavy atom.